The molecule has 6 atom stereocenters. The van der Waals surface area contributed by atoms with Crippen LogP contribution in [0.25, 0.3) is 0 Å². The molecule has 0 aromatic carbocycles. The average Bonchev–Trinajstić information content (AvgIpc) is 3.28. The Morgan fingerprint density at radius 3 is 1.41 bits per heavy atom. The predicted octanol–water partition coefficient (Wildman–Crippen LogP) is 10.8. The van der Waals surface area contributed by atoms with E-state index in [9.17, 15) is 39.8 Å². The number of allylic oxidation sites excluding steroid dienone is 12. The zero-order valence-corrected chi connectivity index (χ0v) is 40.5. The highest BCUT2D eigenvalue weighted by atomic mass is 31.2. The number of aliphatic hydroxyl groups excluding tert-OH is 5. The lowest BCUT2D eigenvalue weighted by molar-refractivity contribution is -0.220. The smallest absolute Gasteiger partial charge is 0.457 e. The van der Waals surface area contributed by atoms with Crippen LogP contribution >= 0.6 is 7.82 Å². The Morgan fingerprint density at radius 1 is 0.516 bits per heavy atom. The standard InChI is InChI=1S/C51H89O12P/c1-3-5-7-9-11-13-15-17-19-21-22-23-25-27-29-31-33-35-37-39-41-60-42-44(43-61-64(58,59)63-51-49(56)47(54)46(53)48(55)50(51)57)62-45(52)40-38-36-34-32-30-28-26-24-20-18-16-14-12-10-8-6-4-2/h6,8,11-14,17-20,26,28,44,46-51,53-57H,3-5,7,9-10,15-16,21-25,27,29-43H2,1-2H3,(H,58,59)/b8-6-,13-11-,14-12-,19-17-,20-18-,28-26-. The first-order valence-electron chi connectivity index (χ1n) is 24.8. The largest absolute Gasteiger partial charge is 0.472 e. The zero-order chi connectivity index (χ0) is 46.9. The van der Waals surface area contributed by atoms with Gasteiger partial charge in [0.1, 0.15) is 42.7 Å². The maximum absolute atomic E-state index is 12.8. The van der Waals surface area contributed by atoms with E-state index >= 15 is 0 Å². The fourth-order valence-corrected chi connectivity index (χ4v) is 8.11. The Morgan fingerprint density at radius 2 is 0.922 bits per heavy atom. The predicted molar refractivity (Wildman–Crippen MR) is 258 cm³/mol. The van der Waals surface area contributed by atoms with Crippen LogP contribution in [0.3, 0.4) is 0 Å². The SMILES string of the molecule is CC/C=C\C/C=C\C/C=C\C/C=C\CCCCCCC(=O)OC(COCCCCCCCCCCCC/C=C\C/C=C\CCCCC)COP(=O)(O)OC1C(O)C(O)C(O)C(O)C1O. The Balaban J connectivity index is 2.38. The van der Waals surface area contributed by atoms with Gasteiger partial charge in [0.05, 0.1) is 13.2 Å². The third kappa shape index (κ3) is 32.5. The first-order valence-corrected chi connectivity index (χ1v) is 26.3. The second kappa shape index (κ2) is 41.0. The molecule has 13 heteroatoms. The highest BCUT2D eigenvalue weighted by Gasteiger charge is 2.51. The van der Waals surface area contributed by atoms with Crippen molar-refractivity contribution in [3.05, 3.63) is 72.9 Å². The Labute approximate surface area is 387 Å². The van der Waals surface area contributed by atoms with E-state index in [4.69, 9.17) is 18.5 Å². The number of phosphoric ester groups is 1. The first-order chi connectivity index (χ1) is 31.0. The molecule has 64 heavy (non-hydrogen) atoms. The fourth-order valence-electron chi connectivity index (χ4n) is 7.14. The van der Waals surface area contributed by atoms with Crippen LogP contribution < -0.4 is 0 Å². The van der Waals surface area contributed by atoms with Crippen molar-refractivity contribution >= 4 is 13.8 Å². The molecule has 0 aliphatic heterocycles. The topological polar surface area (TPSA) is 192 Å². The van der Waals surface area contributed by atoms with Gasteiger partial charge in [0.15, 0.2) is 0 Å². The van der Waals surface area contributed by atoms with E-state index < -0.39 is 63.1 Å². The molecule has 0 spiro atoms. The monoisotopic (exact) mass is 925 g/mol. The Hall–Kier alpha value is -2.22. The van der Waals surface area contributed by atoms with Crippen molar-refractivity contribution in [3.63, 3.8) is 0 Å². The third-order valence-corrected chi connectivity index (χ3v) is 12.0. The van der Waals surface area contributed by atoms with Crippen LogP contribution in [0.1, 0.15) is 181 Å². The number of carbonyl (C=O) groups is 1. The summed E-state index contributed by atoms with van der Waals surface area (Å²) in [5, 5.41) is 50.3. The number of ether oxygens (including phenoxy) is 2. The molecule has 0 bridgehead atoms. The van der Waals surface area contributed by atoms with Gasteiger partial charge >= 0.3 is 13.8 Å². The summed E-state index contributed by atoms with van der Waals surface area (Å²) < 4.78 is 34.2. The summed E-state index contributed by atoms with van der Waals surface area (Å²) in [6, 6.07) is 0. The van der Waals surface area contributed by atoms with Crippen LogP contribution in [0, 0.1) is 0 Å². The van der Waals surface area contributed by atoms with Gasteiger partial charge in [0.2, 0.25) is 0 Å². The molecule has 0 aromatic heterocycles. The molecule has 6 unspecified atom stereocenters. The summed E-state index contributed by atoms with van der Waals surface area (Å²) in [5.41, 5.74) is 0. The minimum atomic E-state index is -5.03. The number of rotatable bonds is 41. The summed E-state index contributed by atoms with van der Waals surface area (Å²) in [4.78, 5) is 23.2. The Bertz CT molecular complexity index is 1330. The highest BCUT2D eigenvalue weighted by molar-refractivity contribution is 7.47. The molecule has 6 N–H and O–H groups in total. The normalized spacial score (nSPS) is 22.3. The summed E-state index contributed by atoms with van der Waals surface area (Å²) in [5.74, 6) is -0.503. The van der Waals surface area contributed by atoms with Crippen molar-refractivity contribution in [2.75, 3.05) is 19.8 Å². The fraction of sp³-hybridized carbons (Fsp3) is 0.745. The molecule has 12 nitrogen and oxygen atoms in total. The van der Waals surface area contributed by atoms with Gasteiger partial charge in [-0.15, -0.1) is 0 Å². The van der Waals surface area contributed by atoms with Crippen molar-refractivity contribution in [2.24, 2.45) is 0 Å². The van der Waals surface area contributed by atoms with Crippen LogP contribution in [0.15, 0.2) is 72.9 Å². The quantitative estimate of drug-likeness (QED) is 0.0147. The van der Waals surface area contributed by atoms with Crippen molar-refractivity contribution < 1.29 is 58.3 Å². The summed E-state index contributed by atoms with van der Waals surface area (Å²) in [6.07, 6.45) is 41.1. The highest BCUT2D eigenvalue weighted by Crippen LogP contribution is 2.47. The van der Waals surface area contributed by atoms with E-state index in [1.54, 1.807) is 0 Å². The van der Waals surface area contributed by atoms with E-state index in [1.165, 1.54) is 64.2 Å². The molecule has 0 aromatic rings. The minimum Gasteiger partial charge on any atom is -0.457 e. The van der Waals surface area contributed by atoms with Gasteiger partial charge in [-0.25, -0.2) is 4.57 Å². The van der Waals surface area contributed by atoms with Crippen molar-refractivity contribution in [1.82, 2.24) is 0 Å². The number of aliphatic hydroxyl groups is 5. The minimum absolute atomic E-state index is 0.0924. The lowest BCUT2D eigenvalue weighted by Crippen LogP contribution is -2.64. The van der Waals surface area contributed by atoms with Gasteiger partial charge in [0, 0.05) is 13.0 Å². The molecule has 1 rings (SSSR count). The summed E-state index contributed by atoms with van der Waals surface area (Å²) in [6.45, 7) is 4.09. The van der Waals surface area contributed by atoms with Crippen LogP contribution in [0.4, 0.5) is 0 Å². The maximum Gasteiger partial charge on any atom is 0.472 e. The van der Waals surface area contributed by atoms with Crippen LogP contribution in [-0.2, 0) is 27.9 Å². The zero-order valence-electron chi connectivity index (χ0n) is 39.6. The second-order valence-corrected chi connectivity index (χ2v) is 18.3. The molecule has 1 fully saturated rings. The van der Waals surface area contributed by atoms with E-state index in [1.807, 2.05) is 0 Å². The third-order valence-electron chi connectivity index (χ3n) is 11.1. The molecular weight excluding hydrogens is 836 g/mol. The number of hydrogen-bond donors (Lipinski definition) is 6. The van der Waals surface area contributed by atoms with Gasteiger partial charge in [-0.2, -0.15) is 0 Å². The van der Waals surface area contributed by atoms with Gasteiger partial charge in [-0.05, 0) is 83.5 Å². The van der Waals surface area contributed by atoms with Gasteiger partial charge in [0.25, 0.3) is 0 Å². The Kier molecular flexibility index (Phi) is 38.3. The lowest BCUT2D eigenvalue weighted by atomic mass is 9.85. The molecule has 0 radical (unpaired) electrons. The van der Waals surface area contributed by atoms with Crippen molar-refractivity contribution in [3.8, 4) is 0 Å². The van der Waals surface area contributed by atoms with Crippen molar-refractivity contribution in [2.45, 2.75) is 224 Å². The van der Waals surface area contributed by atoms with Gasteiger partial charge in [-0.3, -0.25) is 13.8 Å². The number of esters is 1. The van der Waals surface area contributed by atoms with Crippen LogP contribution in [-0.4, -0.2) is 98.9 Å². The molecule has 370 valence electrons. The van der Waals surface area contributed by atoms with Crippen LogP contribution in [0.5, 0.6) is 0 Å². The lowest BCUT2D eigenvalue weighted by Gasteiger charge is -2.41. The number of phosphoric acid groups is 1. The molecule has 0 saturated heterocycles. The van der Waals surface area contributed by atoms with Gasteiger partial charge in [-0.1, -0.05) is 164 Å². The number of unbranched alkanes of at least 4 members (excludes halogenated alkanes) is 17. The van der Waals surface area contributed by atoms with Crippen molar-refractivity contribution in [1.29, 1.82) is 0 Å². The van der Waals surface area contributed by atoms with Crippen LogP contribution in [0.2, 0.25) is 0 Å². The molecule has 1 aliphatic rings. The summed E-state index contributed by atoms with van der Waals surface area (Å²) >= 11 is 0. The molecule has 0 heterocycles. The molecule has 1 aliphatic carbocycles. The van der Waals surface area contributed by atoms with Gasteiger partial charge < -0.3 is 39.9 Å². The summed E-state index contributed by atoms with van der Waals surface area (Å²) in [7, 11) is -5.03. The number of carbonyl (C=O) groups excluding carboxylic acids is 1. The molecule has 1 saturated carbocycles. The van der Waals surface area contributed by atoms with E-state index in [0.717, 1.165) is 89.9 Å². The average molecular weight is 925 g/mol. The molecular formula is C51H89O12P. The molecule has 0 amide bonds. The maximum atomic E-state index is 12.8. The van der Waals surface area contributed by atoms with E-state index in [0.29, 0.717) is 13.0 Å². The van der Waals surface area contributed by atoms with E-state index in [2.05, 4.69) is 86.8 Å². The number of hydrogen-bond acceptors (Lipinski definition) is 11. The van der Waals surface area contributed by atoms with E-state index in [-0.39, 0.29) is 13.0 Å². The first kappa shape index (κ1) is 59.8. The second-order valence-electron chi connectivity index (χ2n) is 16.9.